The highest BCUT2D eigenvalue weighted by atomic mass is 35.5. The number of halogens is 1. The minimum atomic E-state index is 0.806. The molecule has 0 atom stereocenters. The Morgan fingerprint density at radius 2 is 1.77 bits per heavy atom. The van der Waals surface area contributed by atoms with Gasteiger partial charge in [-0.25, -0.2) is 0 Å². The molecule has 2 rings (SSSR count). The molecule has 0 N–H and O–H groups in total. The maximum atomic E-state index is 6.24. The van der Waals surface area contributed by atoms with Crippen LogP contribution in [0.3, 0.4) is 0 Å². The number of rotatable bonds is 9. The first-order valence-corrected chi connectivity index (χ1v) is 8.31. The number of hydrogen-bond acceptors (Lipinski definition) is 3. The third-order valence-electron chi connectivity index (χ3n) is 3.81. The lowest BCUT2D eigenvalue weighted by atomic mass is 10.0. The Hall–Kier alpha value is -1.48. The summed E-state index contributed by atoms with van der Waals surface area (Å²) in [5.41, 5.74) is 2.17. The van der Waals surface area contributed by atoms with Crippen molar-refractivity contribution < 1.29 is 9.26 Å². The smallest absolute Gasteiger partial charge is 0.136 e. The molecule has 1 aromatic heterocycles. The Kier molecular flexibility index (Phi) is 6.78. The summed E-state index contributed by atoms with van der Waals surface area (Å²) in [4.78, 5) is 0. The van der Waals surface area contributed by atoms with E-state index in [4.69, 9.17) is 20.9 Å². The molecular weight excluding hydrogens is 298 g/mol. The predicted molar refractivity (Wildman–Crippen MR) is 89.7 cm³/mol. The molecule has 0 amide bonds. The zero-order chi connectivity index (χ0) is 15.8. The molecular formula is C18H24ClNO2. The van der Waals surface area contributed by atoms with Crippen LogP contribution in [-0.2, 0) is 12.8 Å². The number of hydrogen-bond donors (Lipinski definition) is 0. The van der Waals surface area contributed by atoms with Crippen LogP contribution in [0.1, 0.15) is 49.1 Å². The van der Waals surface area contributed by atoms with Gasteiger partial charge in [0.2, 0.25) is 0 Å². The minimum Gasteiger partial charge on any atom is -0.497 e. The van der Waals surface area contributed by atoms with Gasteiger partial charge in [-0.1, -0.05) is 42.1 Å². The summed E-state index contributed by atoms with van der Waals surface area (Å²) < 4.78 is 10.4. The molecule has 1 heterocycles. The first kappa shape index (κ1) is 16.9. The molecule has 2 aromatic rings. The van der Waals surface area contributed by atoms with Crippen molar-refractivity contribution in [2.24, 2.45) is 0 Å². The fraction of sp³-hybridized carbons (Fsp3) is 0.500. The van der Waals surface area contributed by atoms with E-state index in [1.807, 2.05) is 25.1 Å². The van der Waals surface area contributed by atoms with Gasteiger partial charge in [0.25, 0.3) is 0 Å². The van der Waals surface area contributed by atoms with Gasteiger partial charge in [-0.3, -0.25) is 0 Å². The zero-order valence-corrected chi connectivity index (χ0v) is 14.2. The van der Waals surface area contributed by atoms with Crippen LogP contribution in [-0.4, -0.2) is 12.3 Å². The average Bonchev–Trinajstić information content (AvgIpc) is 2.93. The van der Waals surface area contributed by atoms with Gasteiger partial charge in [0.1, 0.15) is 11.5 Å². The lowest BCUT2D eigenvalue weighted by molar-refractivity contribution is 0.375. The fourth-order valence-electron chi connectivity index (χ4n) is 2.54. The summed E-state index contributed by atoms with van der Waals surface area (Å²) in [6.45, 7) is 1.96. The molecule has 0 unspecified atom stereocenters. The summed E-state index contributed by atoms with van der Waals surface area (Å²) >= 11 is 6.24. The van der Waals surface area contributed by atoms with Crippen molar-refractivity contribution >= 4 is 11.6 Å². The molecule has 0 saturated carbocycles. The molecule has 0 aliphatic carbocycles. The molecule has 4 heteroatoms. The molecule has 0 spiro atoms. The summed E-state index contributed by atoms with van der Waals surface area (Å²) in [6, 6.07) is 7.94. The van der Waals surface area contributed by atoms with Crippen LogP contribution in [0.4, 0.5) is 0 Å². The van der Waals surface area contributed by atoms with E-state index in [9.17, 15) is 0 Å². The Morgan fingerprint density at radius 1 is 1.05 bits per heavy atom. The van der Waals surface area contributed by atoms with Crippen molar-refractivity contribution in [2.75, 3.05) is 7.11 Å². The van der Waals surface area contributed by atoms with Gasteiger partial charge >= 0.3 is 0 Å². The summed E-state index contributed by atoms with van der Waals surface area (Å²) in [5, 5.41) is 4.71. The van der Waals surface area contributed by atoms with E-state index in [0.29, 0.717) is 0 Å². The normalized spacial score (nSPS) is 10.9. The third-order valence-corrected chi connectivity index (χ3v) is 4.16. The predicted octanol–water partition coefficient (Wildman–Crippen LogP) is 5.38. The first-order valence-electron chi connectivity index (χ1n) is 7.93. The molecule has 0 fully saturated rings. The molecule has 0 aliphatic rings. The van der Waals surface area contributed by atoms with Crippen LogP contribution in [0.2, 0.25) is 5.02 Å². The molecule has 120 valence electrons. The summed E-state index contributed by atoms with van der Waals surface area (Å²) in [6.07, 6.45) is 8.08. The number of unbranched alkanes of at least 4 members (excludes halogenated alkanes) is 4. The molecule has 0 radical (unpaired) electrons. The third kappa shape index (κ3) is 5.38. The molecule has 0 aliphatic heterocycles. The average molecular weight is 322 g/mol. The molecule has 1 aromatic carbocycles. The highest BCUT2D eigenvalue weighted by molar-refractivity contribution is 6.31. The van der Waals surface area contributed by atoms with Gasteiger partial charge in [0.15, 0.2) is 0 Å². The topological polar surface area (TPSA) is 35.3 Å². The monoisotopic (exact) mass is 321 g/mol. The van der Waals surface area contributed by atoms with E-state index >= 15 is 0 Å². The zero-order valence-electron chi connectivity index (χ0n) is 13.4. The van der Waals surface area contributed by atoms with Crippen LogP contribution in [0.25, 0.3) is 0 Å². The molecule has 0 bridgehead atoms. The maximum Gasteiger partial charge on any atom is 0.136 e. The van der Waals surface area contributed by atoms with Crippen molar-refractivity contribution in [3.63, 3.8) is 0 Å². The van der Waals surface area contributed by atoms with Gasteiger partial charge < -0.3 is 9.26 Å². The van der Waals surface area contributed by atoms with E-state index in [1.165, 1.54) is 31.2 Å². The number of benzene rings is 1. The number of ether oxygens (including phenoxy) is 1. The van der Waals surface area contributed by atoms with Crippen molar-refractivity contribution in [3.05, 3.63) is 46.3 Å². The second-order valence-electron chi connectivity index (χ2n) is 5.66. The lowest BCUT2D eigenvalue weighted by Gasteiger charge is -2.06. The SMILES string of the molecule is COc1ccc(CCCCCCCc2cc(C)no2)c(Cl)c1. The van der Waals surface area contributed by atoms with Crippen molar-refractivity contribution in [3.8, 4) is 5.75 Å². The van der Waals surface area contributed by atoms with E-state index < -0.39 is 0 Å². The Morgan fingerprint density at radius 3 is 2.41 bits per heavy atom. The summed E-state index contributed by atoms with van der Waals surface area (Å²) in [7, 11) is 1.66. The quantitative estimate of drug-likeness (QED) is 0.581. The molecule has 3 nitrogen and oxygen atoms in total. The lowest BCUT2D eigenvalue weighted by Crippen LogP contribution is -1.90. The van der Waals surface area contributed by atoms with Crippen molar-refractivity contribution in [2.45, 2.75) is 51.9 Å². The van der Waals surface area contributed by atoms with Gasteiger partial charge in [-0.15, -0.1) is 0 Å². The highest BCUT2D eigenvalue weighted by Crippen LogP contribution is 2.24. The van der Waals surface area contributed by atoms with Crippen molar-refractivity contribution in [1.29, 1.82) is 0 Å². The van der Waals surface area contributed by atoms with Crippen LogP contribution in [0.15, 0.2) is 28.8 Å². The minimum absolute atomic E-state index is 0.806. The first-order chi connectivity index (χ1) is 10.7. The van der Waals surface area contributed by atoms with Gasteiger partial charge in [0, 0.05) is 17.5 Å². The van der Waals surface area contributed by atoms with Gasteiger partial charge in [0.05, 0.1) is 12.8 Å². The van der Waals surface area contributed by atoms with Crippen molar-refractivity contribution in [1.82, 2.24) is 5.16 Å². The molecule has 22 heavy (non-hydrogen) atoms. The Bertz CT molecular complexity index is 580. The van der Waals surface area contributed by atoms with E-state index in [0.717, 1.165) is 41.5 Å². The van der Waals surface area contributed by atoms with Crippen LogP contribution >= 0.6 is 11.6 Å². The van der Waals surface area contributed by atoms with Gasteiger partial charge in [-0.2, -0.15) is 0 Å². The molecule has 0 saturated heterocycles. The highest BCUT2D eigenvalue weighted by Gasteiger charge is 2.03. The summed E-state index contributed by atoms with van der Waals surface area (Å²) in [5.74, 6) is 1.82. The standard InChI is InChI=1S/C18H24ClNO2/c1-14-12-17(22-20-14)9-7-5-3-4-6-8-15-10-11-16(21-2)13-18(15)19/h10-13H,3-9H2,1-2H3. The second kappa shape index (κ2) is 8.84. The second-order valence-corrected chi connectivity index (χ2v) is 6.07. The van der Waals surface area contributed by atoms with E-state index in [2.05, 4.69) is 11.2 Å². The largest absolute Gasteiger partial charge is 0.497 e. The Balaban J connectivity index is 1.57. The van der Waals surface area contributed by atoms with Crippen LogP contribution in [0.5, 0.6) is 5.75 Å². The van der Waals surface area contributed by atoms with Crippen LogP contribution < -0.4 is 4.74 Å². The fourth-order valence-corrected chi connectivity index (χ4v) is 2.80. The van der Waals surface area contributed by atoms with E-state index in [1.54, 1.807) is 7.11 Å². The van der Waals surface area contributed by atoms with Gasteiger partial charge in [-0.05, 0) is 43.9 Å². The van der Waals surface area contributed by atoms with Crippen LogP contribution in [0, 0.1) is 6.92 Å². The number of methoxy groups -OCH3 is 1. The maximum absolute atomic E-state index is 6.24. The number of aryl methyl sites for hydroxylation is 3. The number of aromatic nitrogens is 1. The Labute approximate surface area is 137 Å². The van der Waals surface area contributed by atoms with E-state index in [-0.39, 0.29) is 0 Å². The number of nitrogens with zero attached hydrogens (tertiary/aromatic N) is 1.